The van der Waals surface area contributed by atoms with Gasteiger partial charge in [0.25, 0.3) is 5.91 Å². The van der Waals surface area contributed by atoms with Crippen LogP contribution < -0.4 is 11.1 Å². The molecule has 19 heavy (non-hydrogen) atoms. The van der Waals surface area contributed by atoms with Crippen LogP contribution in [-0.4, -0.2) is 47.2 Å². The highest BCUT2D eigenvalue weighted by molar-refractivity contribution is 7.84. The van der Waals surface area contributed by atoms with Gasteiger partial charge in [0.2, 0.25) is 0 Å². The van der Waals surface area contributed by atoms with E-state index in [1.54, 1.807) is 38.6 Å². The third-order valence-corrected chi connectivity index (χ3v) is 4.15. The Bertz CT molecular complexity index is 489. The van der Waals surface area contributed by atoms with E-state index in [1.807, 2.05) is 6.92 Å². The van der Waals surface area contributed by atoms with Gasteiger partial charge in [-0.3, -0.25) is 9.00 Å². The molecule has 2 unspecified atom stereocenters. The van der Waals surface area contributed by atoms with Gasteiger partial charge in [0.1, 0.15) is 0 Å². The number of hydrogen-bond donors (Lipinski definition) is 2. The number of anilines is 2. The molecule has 3 N–H and O–H groups in total. The monoisotopic (exact) mass is 283 g/mol. The van der Waals surface area contributed by atoms with E-state index in [9.17, 15) is 9.00 Å². The zero-order valence-electron chi connectivity index (χ0n) is 11.8. The highest BCUT2D eigenvalue weighted by Gasteiger charge is 2.11. The average Bonchev–Trinajstić information content (AvgIpc) is 2.35. The number of benzene rings is 1. The Morgan fingerprint density at radius 1 is 1.47 bits per heavy atom. The number of carbonyl (C=O) groups excluding carboxylic acids is 1. The van der Waals surface area contributed by atoms with Gasteiger partial charge in [-0.15, -0.1) is 0 Å². The third-order valence-electron chi connectivity index (χ3n) is 2.85. The van der Waals surface area contributed by atoms with E-state index in [1.165, 1.54) is 4.90 Å². The fraction of sp³-hybridized carbons (Fsp3) is 0.462. The molecule has 1 amide bonds. The quantitative estimate of drug-likeness (QED) is 0.795. The standard InChI is InChI=1S/C13H21N3O2S/c1-9(19(4)18)8-15-12-6-5-10(7-11(12)14)13(17)16(2)3/h5-7,9,15H,8,14H2,1-4H3. The van der Waals surface area contributed by atoms with Crippen molar-refractivity contribution in [3.63, 3.8) is 0 Å². The first-order valence-electron chi connectivity index (χ1n) is 6.00. The molecule has 106 valence electrons. The van der Waals surface area contributed by atoms with Crippen molar-refractivity contribution < 1.29 is 9.00 Å². The van der Waals surface area contributed by atoms with Gasteiger partial charge in [-0.25, -0.2) is 0 Å². The fourth-order valence-corrected chi connectivity index (χ4v) is 1.80. The Morgan fingerprint density at radius 2 is 2.11 bits per heavy atom. The molecule has 0 spiro atoms. The molecule has 0 aromatic heterocycles. The molecule has 0 heterocycles. The summed E-state index contributed by atoms with van der Waals surface area (Å²) in [5.41, 5.74) is 7.74. The van der Waals surface area contributed by atoms with Crippen LogP contribution in [-0.2, 0) is 10.8 Å². The van der Waals surface area contributed by atoms with Gasteiger partial charge in [0, 0.05) is 48.5 Å². The lowest BCUT2D eigenvalue weighted by Gasteiger charge is -2.15. The van der Waals surface area contributed by atoms with Crippen LogP contribution in [0.1, 0.15) is 17.3 Å². The normalized spacial score (nSPS) is 13.7. The molecule has 0 saturated heterocycles. The number of nitrogens with one attached hydrogen (secondary N) is 1. The largest absolute Gasteiger partial charge is 0.397 e. The van der Waals surface area contributed by atoms with Crippen LogP contribution >= 0.6 is 0 Å². The first-order valence-corrected chi connectivity index (χ1v) is 7.62. The molecule has 6 heteroatoms. The van der Waals surface area contributed by atoms with E-state index in [0.29, 0.717) is 17.8 Å². The van der Waals surface area contributed by atoms with Gasteiger partial charge in [0.05, 0.1) is 11.4 Å². The second kappa shape index (κ2) is 6.56. The third kappa shape index (κ3) is 4.24. The maximum Gasteiger partial charge on any atom is 0.253 e. The molecule has 2 atom stereocenters. The number of nitrogens with two attached hydrogens (primary N) is 1. The van der Waals surface area contributed by atoms with Crippen molar-refractivity contribution in [3.8, 4) is 0 Å². The predicted molar refractivity (Wildman–Crippen MR) is 80.9 cm³/mol. The predicted octanol–water partition coefficient (Wildman–Crippen LogP) is 1.15. The van der Waals surface area contributed by atoms with Crippen LogP contribution in [0.2, 0.25) is 0 Å². The molecule has 1 aromatic rings. The SMILES string of the molecule is CC(CNc1ccc(C(=O)N(C)C)cc1N)S(C)=O. The zero-order chi connectivity index (χ0) is 14.6. The molecule has 0 aliphatic carbocycles. The highest BCUT2D eigenvalue weighted by atomic mass is 32.2. The van der Waals surface area contributed by atoms with E-state index in [4.69, 9.17) is 5.73 Å². The lowest BCUT2D eigenvalue weighted by molar-refractivity contribution is 0.0827. The maximum atomic E-state index is 11.8. The lowest BCUT2D eigenvalue weighted by Crippen LogP contribution is -2.23. The smallest absolute Gasteiger partial charge is 0.253 e. The van der Waals surface area contributed by atoms with Crippen molar-refractivity contribution in [3.05, 3.63) is 23.8 Å². The number of nitrogen functional groups attached to an aromatic ring is 1. The summed E-state index contributed by atoms with van der Waals surface area (Å²) in [6.07, 6.45) is 1.68. The van der Waals surface area contributed by atoms with Crippen molar-refractivity contribution in [2.75, 3.05) is 37.9 Å². The highest BCUT2D eigenvalue weighted by Crippen LogP contribution is 2.20. The summed E-state index contributed by atoms with van der Waals surface area (Å²) in [6, 6.07) is 5.16. The topological polar surface area (TPSA) is 75.4 Å². The van der Waals surface area contributed by atoms with Gasteiger partial charge in [-0.2, -0.15) is 0 Å². The van der Waals surface area contributed by atoms with Crippen molar-refractivity contribution in [1.29, 1.82) is 0 Å². The molecule has 0 aliphatic heterocycles. The minimum Gasteiger partial charge on any atom is -0.397 e. The molecule has 0 bridgehead atoms. The molecule has 0 aliphatic rings. The molecule has 0 radical (unpaired) electrons. The Kier molecular flexibility index (Phi) is 5.35. The van der Waals surface area contributed by atoms with Gasteiger partial charge >= 0.3 is 0 Å². The van der Waals surface area contributed by atoms with Crippen molar-refractivity contribution in [2.45, 2.75) is 12.2 Å². The Morgan fingerprint density at radius 3 is 2.58 bits per heavy atom. The van der Waals surface area contributed by atoms with E-state index < -0.39 is 10.8 Å². The van der Waals surface area contributed by atoms with Gasteiger partial charge in [-0.05, 0) is 25.1 Å². The molecule has 5 nitrogen and oxygen atoms in total. The number of rotatable bonds is 5. The summed E-state index contributed by atoms with van der Waals surface area (Å²) < 4.78 is 11.3. The number of amides is 1. The minimum absolute atomic E-state index is 0.0440. The number of carbonyl (C=O) groups is 1. The van der Waals surface area contributed by atoms with Crippen LogP contribution in [0.5, 0.6) is 0 Å². The first-order chi connectivity index (χ1) is 8.82. The summed E-state index contributed by atoms with van der Waals surface area (Å²) in [5, 5.41) is 3.19. The summed E-state index contributed by atoms with van der Waals surface area (Å²) in [7, 11) is 2.52. The summed E-state index contributed by atoms with van der Waals surface area (Å²) in [6.45, 7) is 2.48. The zero-order valence-corrected chi connectivity index (χ0v) is 12.6. The summed E-state index contributed by atoms with van der Waals surface area (Å²) >= 11 is 0. The van der Waals surface area contributed by atoms with Gasteiger partial charge in [0.15, 0.2) is 0 Å². The Hall–Kier alpha value is -1.56. The van der Waals surface area contributed by atoms with Crippen LogP contribution in [0.4, 0.5) is 11.4 Å². The maximum absolute atomic E-state index is 11.8. The van der Waals surface area contributed by atoms with Crippen LogP contribution in [0.3, 0.4) is 0 Å². The van der Waals surface area contributed by atoms with Gasteiger partial charge < -0.3 is 16.0 Å². The number of nitrogens with zero attached hydrogens (tertiary/aromatic N) is 1. The molecule has 0 fully saturated rings. The molecule has 1 aromatic carbocycles. The molecule has 1 rings (SSSR count). The molecular weight excluding hydrogens is 262 g/mol. The Balaban J connectivity index is 2.78. The first kappa shape index (κ1) is 15.5. The van der Waals surface area contributed by atoms with Crippen molar-refractivity contribution in [1.82, 2.24) is 4.90 Å². The molecular formula is C13H21N3O2S. The second-order valence-electron chi connectivity index (χ2n) is 4.69. The van der Waals surface area contributed by atoms with Crippen molar-refractivity contribution >= 4 is 28.1 Å². The second-order valence-corrected chi connectivity index (χ2v) is 6.49. The van der Waals surface area contributed by atoms with Crippen LogP contribution in [0.15, 0.2) is 18.2 Å². The summed E-state index contributed by atoms with van der Waals surface area (Å²) in [4.78, 5) is 13.3. The minimum atomic E-state index is -0.873. The van der Waals surface area contributed by atoms with Gasteiger partial charge in [-0.1, -0.05) is 0 Å². The average molecular weight is 283 g/mol. The Labute approximate surface area is 116 Å². The fourth-order valence-electron chi connectivity index (χ4n) is 1.49. The van der Waals surface area contributed by atoms with Crippen LogP contribution in [0.25, 0.3) is 0 Å². The van der Waals surface area contributed by atoms with Crippen molar-refractivity contribution in [2.24, 2.45) is 0 Å². The van der Waals surface area contributed by atoms with E-state index >= 15 is 0 Å². The molecule has 0 saturated carbocycles. The summed E-state index contributed by atoms with van der Waals surface area (Å²) in [5.74, 6) is -0.0821. The number of hydrogen-bond acceptors (Lipinski definition) is 4. The van der Waals surface area contributed by atoms with E-state index in [0.717, 1.165) is 5.69 Å². The van der Waals surface area contributed by atoms with E-state index in [-0.39, 0.29) is 11.2 Å². The van der Waals surface area contributed by atoms with E-state index in [2.05, 4.69) is 5.32 Å². The van der Waals surface area contributed by atoms with Crippen LogP contribution in [0, 0.1) is 0 Å². The lowest BCUT2D eigenvalue weighted by atomic mass is 10.1.